The van der Waals surface area contributed by atoms with Crippen LogP contribution in [-0.4, -0.2) is 9.78 Å². The van der Waals surface area contributed by atoms with Crippen LogP contribution in [0.25, 0.3) is 4.85 Å². The van der Waals surface area contributed by atoms with Crippen LogP contribution in [0.3, 0.4) is 0 Å². The average molecular weight is 164 g/mol. The monoisotopic (exact) mass is 164 g/mol. The molecular weight excluding hydrogens is 152 g/mol. The molecule has 4 nitrogen and oxygen atoms in total. The van der Waals surface area contributed by atoms with Gasteiger partial charge in [0, 0.05) is 6.04 Å². The fourth-order valence-electron chi connectivity index (χ4n) is 1.09. The molecule has 4 heteroatoms. The Bertz CT molecular complexity index is 330. The summed E-state index contributed by atoms with van der Waals surface area (Å²) in [5.74, 6) is 0.470. The molecule has 1 aromatic rings. The fourth-order valence-corrected chi connectivity index (χ4v) is 1.09. The molecule has 0 aliphatic rings. The van der Waals surface area contributed by atoms with Crippen LogP contribution in [-0.2, 0) is 0 Å². The number of aromatic nitrogens is 2. The summed E-state index contributed by atoms with van der Waals surface area (Å²) in [5, 5.41) is 4.16. The van der Waals surface area contributed by atoms with Crippen LogP contribution in [0.1, 0.15) is 25.6 Å². The molecule has 0 aliphatic heterocycles. The Kier molecular flexibility index (Phi) is 2.05. The molecule has 0 saturated carbocycles. The first-order chi connectivity index (χ1) is 5.57. The molecule has 0 aromatic carbocycles. The molecule has 0 amide bonds. The Morgan fingerprint density at radius 1 is 1.58 bits per heavy atom. The zero-order valence-electron chi connectivity index (χ0n) is 7.50. The third kappa shape index (κ3) is 1.14. The summed E-state index contributed by atoms with van der Waals surface area (Å²) in [6.07, 6.45) is 0. The van der Waals surface area contributed by atoms with Crippen molar-refractivity contribution in [3.63, 3.8) is 0 Å². The first-order valence-electron chi connectivity index (χ1n) is 3.80. The largest absolute Gasteiger partial charge is 0.393 e. The van der Waals surface area contributed by atoms with Crippen molar-refractivity contribution in [2.24, 2.45) is 0 Å². The highest BCUT2D eigenvalue weighted by Gasteiger charge is 2.13. The first-order valence-corrected chi connectivity index (χ1v) is 3.80. The maximum atomic E-state index is 6.87. The Morgan fingerprint density at radius 3 is 2.42 bits per heavy atom. The van der Waals surface area contributed by atoms with Crippen molar-refractivity contribution >= 4 is 11.5 Å². The van der Waals surface area contributed by atoms with E-state index in [-0.39, 0.29) is 6.04 Å². The first kappa shape index (κ1) is 8.60. The molecule has 0 radical (unpaired) electrons. The highest BCUT2D eigenvalue weighted by molar-refractivity contribution is 5.66. The van der Waals surface area contributed by atoms with Gasteiger partial charge in [-0.05, 0) is 20.8 Å². The quantitative estimate of drug-likeness (QED) is 0.644. The lowest BCUT2D eigenvalue weighted by molar-refractivity contribution is 0.537. The minimum atomic E-state index is 0.208. The number of hydrogen-bond donors (Lipinski definition) is 1. The Morgan fingerprint density at radius 2 is 2.17 bits per heavy atom. The third-order valence-corrected chi connectivity index (χ3v) is 1.69. The smallest absolute Gasteiger partial charge is 0.249 e. The topological polar surface area (TPSA) is 48.2 Å². The molecule has 12 heavy (non-hydrogen) atoms. The average Bonchev–Trinajstić information content (AvgIpc) is 2.27. The van der Waals surface area contributed by atoms with Crippen molar-refractivity contribution in [2.45, 2.75) is 26.8 Å². The van der Waals surface area contributed by atoms with Gasteiger partial charge >= 0.3 is 0 Å². The van der Waals surface area contributed by atoms with Gasteiger partial charge in [0.05, 0.1) is 12.3 Å². The predicted octanol–water partition coefficient (Wildman–Crippen LogP) is 1.91. The highest BCUT2D eigenvalue weighted by atomic mass is 15.3. The van der Waals surface area contributed by atoms with Crippen LogP contribution in [0.2, 0.25) is 0 Å². The number of rotatable bonds is 1. The lowest BCUT2D eigenvalue weighted by Gasteiger charge is -2.06. The van der Waals surface area contributed by atoms with Crippen LogP contribution >= 0.6 is 0 Å². The van der Waals surface area contributed by atoms with Crippen molar-refractivity contribution < 1.29 is 0 Å². The van der Waals surface area contributed by atoms with E-state index >= 15 is 0 Å². The van der Waals surface area contributed by atoms with E-state index in [0.717, 1.165) is 0 Å². The van der Waals surface area contributed by atoms with Crippen LogP contribution < -0.4 is 5.73 Å². The molecule has 0 aliphatic carbocycles. The summed E-state index contributed by atoms with van der Waals surface area (Å²) in [7, 11) is 0. The molecule has 64 valence electrons. The van der Waals surface area contributed by atoms with Gasteiger partial charge in [-0.1, -0.05) is 0 Å². The molecule has 0 spiro atoms. The summed E-state index contributed by atoms with van der Waals surface area (Å²) >= 11 is 0. The summed E-state index contributed by atoms with van der Waals surface area (Å²) in [5.41, 5.74) is 6.88. The van der Waals surface area contributed by atoms with E-state index in [1.807, 2.05) is 13.8 Å². The normalized spacial score (nSPS) is 10.2. The Labute approximate surface area is 71.8 Å². The van der Waals surface area contributed by atoms with Gasteiger partial charge in [0.2, 0.25) is 5.69 Å². The van der Waals surface area contributed by atoms with Crippen molar-refractivity contribution in [3.05, 3.63) is 17.1 Å². The van der Waals surface area contributed by atoms with Crippen molar-refractivity contribution in [1.82, 2.24) is 9.78 Å². The molecular formula is C8H12N4. The number of anilines is 1. The maximum absolute atomic E-state index is 6.87. The van der Waals surface area contributed by atoms with Gasteiger partial charge in [0.1, 0.15) is 5.82 Å². The summed E-state index contributed by atoms with van der Waals surface area (Å²) in [4.78, 5) is 3.31. The van der Waals surface area contributed by atoms with Gasteiger partial charge in [-0.15, -0.1) is 0 Å². The zero-order valence-corrected chi connectivity index (χ0v) is 7.50. The number of nitrogen functional groups attached to an aromatic ring is 1. The highest BCUT2D eigenvalue weighted by Crippen LogP contribution is 2.27. The lowest BCUT2D eigenvalue weighted by Crippen LogP contribution is -2.06. The zero-order chi connectivity index (χ0) is 9.30. The lowest BCUT2D eigenvalue weighted by atomic mass is 10.4. The Hall–Kier alpha value is -1.50. The molecule has 0 bridgehead atoms. The van der Waals surface area contributed by atoms with E-state index in [1.165, 1.54) is 0 Å². The number of nitrogens with zero attached hydrogens (tertiary/aromatic N) is 3. The SMILES string of the molecule is [C-]#[N+]c1c(C)nn(C(C)C)c1N. The standard InChI is InChI=1S/C8H12N4/c1-5(2)12-8(9)7(10-4)6(3)11-12/h5H,9H2,1-3H3. The molecule has 2 N–H and O–H groups in total. The Balaban J connectivity index is 3.29. The van der Waals surface area contributed by atoms with Crippen molar-refractivity contribution in [1.29, 1.82) is 0 Å². The maximum Gasteiger partial charge on any atom is 0.249 e. The van der Waals surface area contributed by atoms with E-state index < -0.39 is 0 Å². The predicted molar refractivity (Wildman–Crippen MR) is 48.0 cm³/mol. The van der Waals surface area contributed by atoms with E-state index in [1.54, 1.807) is 11.6 Å². The number of hydrogen-bond acceptors (Lipinski definition) is 2. The fraction of sp³-hybridized carbons (Fsp3) is 0.500. The molecule has 1 rings (SSSR count). The van der Waals surface area contributed by atoms with Gasteiger partial charge in [0.15, 0.2) is 0 Å². The van der Waals surface area contributed by atoms with E-state index in [9.17, 15) is 0 Å². The molecule has 0 fully saturated rings. The van der Waals surface area contributed by atoms with E-state index in [2.05, 4.69) is 9.94 Å². The van der Waals surface area contributed by atoms with Gasteiger partial charge in [-0.3, -0.25) is 4.68 Å². The molecule has 0 saturated heterocycles. The van der Waals surface area contributed by atoms with Gasteiger partial charge < -0.3 is 5.73 Å². The van der Waals surface area contributed by atoms with E-state index in [4.69, 9.17) is 12.3 Å². The van der Waals surface area contributed by atoms with Crippen LogP contribution in [0, 0.1) is 13.5 Å². The summed E-state index contributed by atoms with van der Waals surface area (Å²) in [6.45, 7) is 12.6. The van der Waals surface area contributed by atoms with Crippen LogP contribution in [0.5, 0.6) is 0 Å². The molecule has 1 heterocycles. The van der Waals surface area contributed by atoms with E-state index in [0.29, 0.717) is 17.2 Å². The second-order valence-electron chi connectivity index (χ2n) is 2.97. The summed E-state index contributed by atoms with van der Waals surface area (Å²) < 4.78 is 1.67. The van der Waals surface area contributed by atoms with Crippen molar-refractivity contribution in [2.75, 3.05) is 5.73 Å². The minimum absolute atomic E-state index is 0.208. The number of aryl methyl sites for hydroxylation is 1. The molecule has 0 unspecified atom stereocenters. The third-order valence-electron chi connectivity index (χ3n) is 1.69. The second-order valence-corrected chi connectivity index (χ2v) is 2.97. The van der Waals surface area contributed by atoms with Gasteiger partial charge in [-0.25, -0.2) is 4.85 Å². The van der Waals surface area contributed by atoms with Gasteiger partial charge in [-0.2, -0.15) is 5.10 Å². The molecule has 0 atom stereocenters. The van der Waals surface area contributed by atoms with Crippen LogP contribution in [0.15, 0.2) is 0 Å². The number of nitrogens with two attached hydrogens (primary N) is 1. The summed E-state index contributed by atoms with van der Waals surface area (Å²) in [6, 6.07) is 0.208. The van der Waals surface area contributed by atoms with Crippen molar-refractivity contribution in [3.8, 4) is 0 Å². The minimum Gasteiger partial charge on any atom is -0.393 e. The van der Waals surface area contributed by atoms with Crippen LogP contribution in [0.4, 0.5) is 11.5 Å². The van der Waals surface area contributed by atoms with Gasteiger partial charge in [0.25, 0.3) is 0 Å². The second kappa shape index (κ2) is 2.86. The molecule has 1 aromatic heterocycles.